The molecule has 4 N–H and O–H groups in total. The summed E-state index contributed by atoms with van der Waals surface area (Å²) >= 11 is 0. The Balaban J connectivity index is 1.18. The molecule has 2 aromatic carbocycles. The van der Waals surface area contributed by atoms with Crippen LogP contribution in [0.25, 0.3) is 22.1 Å². The molecule has 12 nitrogen and oxygen atoms in total. The number of imidazole rings is 2. The quantitative estimate of drug-likeness (QED) is 0.201. The normalized spacial score (nSPS) is 18.8. The highest BCUT2D eigenvalue weighted by Crippen LogP contribution is 2.34. The maximum atomic E-state index is 13.5. The largest absolute Gasteiger partial charge is 0.344 e. The Labute approximate surface area is 292 Å². The molecule has 2 saturated heterocycles. The molecular weight excluding hydrogens is 632 g/mol. The van der Waals surface area contributed by atoms with Crippen molar-refractivity contribution in [2.45, 2.75) is 91.4 Å². The second kappa shape index (κ2) is 14.4. The maximum Gasteiger partial charge on any atom is 0.246 e. The number of H-pyrrole nitrogens is 2. The molecule has 2 fully saturated rings. The zero-order valence-electron chi connectivity index (χ0n) is 29.6. The molecule has 0 radical (unpaired) electrons. The number of hydrogen-bond acceptors (Lipinski definition) is 6. The number of nitrogens with one attached hydrogen (secondary N) is 4. The molecule has 262 valence electrons. The highest BCUT2D eigenvalue weighted by atomic mass is 16.2. The lowest BCUT2D eigenvalue weighted by atomic mass is 10.0. The Hall–Kier alpha value is -5.18. The van der Waals surface area contributed by atoms with E-state index in [9.17, 15) is 19.2 Å². The van der Waals surface area contributed by atoms with Gasteiger partial charge in [0.15, 0.2) is 0 Å². The molecule has 4 aromatic rings. The Bertz CT molecular complexity index is 1860. The van der Waals surface area contributed by atoms with Crippen LogP contribution in [0.4, 0.5) is 0 Å². The summed E-state index contributed by atoms with van der Waals surface area (Å²) in [5, 5.41) is 5.65. The summed E-state index contributed by atoms with van der Waals surface area (Å²) in [6.45, 7) is 11.9. The van der Waals surface area contributed by atoms with Gasteiger partial charge in [-0.25, -0.2) is 9.97 Å². The van der Waals surface area contributed by atoms with Gasteiger partial charge in [-0.3, -0.25) is 19.2 Å². The third-order valence-corrected chi connectivity index (χ3v) is 9.64. The van der Waals surface area contributed by atoms with E-state index in [4.69, 9.17) is 9.97 Å². The fourth-order valence-electron chi connectivity index (χ4n) is 7.12. The minimum atomic E-state index is -0.577. The van der Waals surface area contributed by atoms with Gasteiger partial charge in [0, 0.05) is 38.1 Å². The first-order chi connectivity index (χ1) is 23.9. The lowest BCUT2D eigenvalue weighted by Crippen LogP contribution is -2.50. The molecule has 50 heavy (non-hydrogen) atoms. The molecule has 4 heterocycles. The number of aromatic amines is 2. The molecule has 2 aromatic heterocycles. The predicted molar refractivity (Wildman–Crippen MR) is 190 cm³/mol. The molecule has 6 rings (SSSR count). The maximum absolute atomic E-state index is 13.5. The summed E-state index contributed by atoms with van der Waals surface area (Å²) < 4.78 is 0. The molecule has 12 heteroatoms. The van der Waals surface area contributed by atoms with Crippen molar-refractivity contribution < 1.29 is 19.2 Å². The highest BCUT2D eigenvalue weighted by molar-refractivity contribution is 5.88. The average Bonchev–Trinajstić information content (AvgIpc) is 3.88. The van der Waals surface area contributed by atoms with E-state index in [0.717, 1.165) is 70.5 Å². The number of carbonyl (C=O) groups excluding carboxylic acids is 4. The van der Waals surface area contributed by atoms with Crippen molar-refractivity contribution in [2.75, 3.05) is 13.1 Å². The van der Waals surface area contributed by atoms with Crippen molar-refractivity contribution in [1.82, 2.24) is 40.4 Å². The lowest BCUT2D eigenvalue weighted by molar-refractivity contribution is -0.138. The van der Waals surface area contributed by atoms with E-state index >= 15 is 0 Å². The molecule has 0 unspecified atom stereocenters. The van der Waals surface area contributed by atoms with Gasteiger partial charge >= 0.3 is 0 Å². The summed E-state index contributed by atoms with van der Waals surface area (Å²) in [7, 11) is 0. The van der Waals surface area contributed by atoms with Crippen LogP contribution in [0.15, 0.2) is 36.4 Å². The highest BCUT2D eigenvalue weighted by Gasteiger charge is 2.38. The van der Waals surface area contributed by atoms with Crippen molar-refractivity contribution >= 4 is 45.7 Å². The van der Waals surface area contributed by atoms with Gasteiger partial charge in [0.2, 0.25) is 23.6 Å². The van der Waals surface area contributed by atoms with Crippen molar-refractivity contribution in [3.05, 3.63) is 59.2 Å². The van der Waals surface area contributed by atoms with Gasteiger partial charge in [-0.15, -0.1) is 0 Å². The minimum Gasteiger partial charge on any atom is -0.344 e. The van der Waals surface area contributed by atoms with E-state index in [2.05, 4.69) is 32.4 Å². The second-order valence-electron chi connectivity index (χ2n) is 14.2. The predicted octanol–water partition coefficient (Wildman–Crippen LogP) is 4.49. The topological polar surface area (TPSA) is 156 Å². The second-order valence-corrected chi connectivity index (χ2v) is 14.2. The number of likely N-dealkylation sites (tertiary alicyclic amines) is 2. The van der Waals surface area contributed by atoms with E-state index in [1.807, 2.05) is 73.9 Å². The molecule has 0 aliphatic carbocycles. The van der Waals surface area contributed by atoms with Crippen LogP contribution in [0.2, 0.25) is 0 Å². The van der Waals surface area contributed by atoms with E-state index < -0.39 is 12.1 Å². The zero-order chi connectivity index (χ0) is 35.7. The van der Waals surface area contributed by atoms with Gasteiger partial charge < -0.3 is 30.4 Å². The standard InChI is InChI=1S/C38H46N8O4/c1-21(2)33(39-23(5)47)37(49)45-17-7-9-31(45)35-41-27-15-13-25(19-29(27)43-35)11-12-26-14-16-28-30(20-26)44-36(42-28)32-10-8-18-46(32)38(50)34(22(3)4)40-24(6)48/h13-16,19-22,31-34H,7-10,17-18H2,1-6H3,(H,39,47)(H,40,48)(H,41,43)(H,42,44)/t31-,32-,33-,34-/m0/s1. The average molecular weight is 679 g/mol. The molecule has 4 atom stereocenters. The Morgan fingerprint density at radius 3 is 1.46 bits per heavy atom. The summed E-state index contributed by atoms with van der Waals surface area (Å²) in [6, 6.07) is 10.2. The number of nitrogens with zero attached hydrogens (tertiary/aromatic N) is 4. The third-order valence-electron chi connectivity index (χ3n) is 9.64. The van der Waals surface area contributed by atoms with Crippen LogP contribution in [0.1, 0.15) is 102 Å². The first kappa shape index (κ1) is 34.7. The fourth-order valence-corrected chi connectivity index (χ4v) is 7.12. The van der Waals surface area contributed by atoms with E-state index in [0.29, 0.717) is 13.1 Å². The number of carbonyl (C=O) groups is 4. The van der Waals surface area contributed by atoms with Gasteiger partial charge in [-0.2, -0.15) is 0 Å². The Kier molecular flexibility index (Phi) is 9.95. The van der Waals surface area contributed by atoms with Gasteiger partial charge in [0.05, 0.1) is 34.2 Å². The van der Waals surface area contributed by atoms with Crippen LogP contribution in [0.3, 0.4) is 0 Å². The van der Waals surface area contributed by atoms with Gasteiger partial charge in [0.1, 0.15) is 23.7 Å². The number of amides is 4. The van der Waals surface area contributed by atoms with Gasteiger partial charge in [0.25, 0.3) is 0 Å². The Morgan fingerprint density at radius 2 is 1.10 bits per heavy atom. The molecule has 2 aliphatic rings. The molecule has 4 amide bonds. The number of benzene rings is 2. The summed E-state index contributed by atoms with van der Waals surface area (Å²) in [4.78, 5) is 70.8. The number of fused-ring (bicyclic) bond motifs is 2. The van der Waals surface area contributed by atoms with E-state index in [1.165, 1.54) is 13.8 Å². The van der Waals surface area contributed by atoms with Crippen LogP contribution in [0, 0.1) is 23.7 Å². The summed E-state index contributed by atoms with van der Waals surface area (Å²) in [5.41, 5.74) is 4.90. The van der Waals surface area contributed by atoms with E-state index in [-0.39, 0.29) is 47.5 Å². The van der Waals surface area contributed by atoms with Crippen LogP contribution in [-0.2, 0) is 19.2 Å². The van der Waals surface area contributed by atoms with Gasteiger partial charge in [-0.1, -0.05) is 39.5 Å². The third kappa shape index (κ3) is 7.22. The molecule has 0 saturated carbocycles. The zero-order valence-corrected chi connectivity index (χ0v) is 29.6. The molecule has 0 bridgehead atoms. The minimum absolute atomic E-state index is 0.0339. The number of hydrogen-bond donors (Lipinski definition) is 4. The van der Waals surface area contributed by atoms with Crippen molar-refractivity contribution in [3.63, 3.8) is 0 Å². The van der Waals surface area contributed by atoms with Crippen LogP contribution >= 0.6 is 0 Å². The summed E-state index contributed by atoms with van der Waals surface area (Å²) in [5.74, 6) is 7.32. The lowest BCUT2D eigenvalue weighted by Gasteiger charge is -2.30. The van der Waals surface area contributed by atoms with Crippen molar-refractivity contribution in [3.8, 4) is 11.8 Å². The molecule has 2 aliphatic heterocycles. The van der Waals surface area contributed by atoms with Crippen molar-refractivity contribution in [1.29, 1.82) is 0 Å². The SMILES string of the molecule is CC(=O)N[C@H](C(=O)N1CCC[C@H]1c1nc2cc(C#Cc3ccc4[nH]c([C@@H]5CCCN5C(=O)[C@@H](NC(C)=O)C(C)C)nc4c3)ccc2[nH]1)C(C)C. The van der Waals surface area contributed by atoms with E-state index in [1.54, 1.807) is 0 Å². The molecular formula is C38H46N8O4. The first-order valence-electron chi connectivity index (χ1n) is 17.6. The fraction of sp³-hybridized carbons (Fsp3) is 0.474. The Morgan fingerprint density at radius 1 is 0.700 bits per heavy atom. The first-order valence-corrected chi connectivity index (χ1v) is 17.6. The number of aromatic nitrogens is 4. The van der Waals surface area contributed by atoms with Crippen LogP contribution in [0.5, 0.6) is 0 Å². The van der Waals surface area contributed by atoms with Gasteiger partial charge in [-0.05, 0) is 73.9 Å². The summed E-state index contributed by atoms with van der Waals surface area (Å²) in [6.07, 6.45) is 3.33. The van der Waals surface area contributed by atoms with Crippen LogP contribution in [-0.4, -0.2) is 78.5 Å². The smallest absolute Gasteiger partial charge is 0.246 e. The monoisotopic (exact) mass is 678 g/mol. The molecule has 0 spiro atoms. The van der Waals surface area contributed by atoms with Crippen molar-refractivity contribution in [2.24, 2.45) is 11.8 Å². The number of rotatable bonds is 8. The van der Waals surface area contributed by atoms with Crippen LogP contribution < -0.4 is 10.6 Å².